The predicted octanol–water partition coefficient (Wildman–Crippen LogP) is 2.80. The van der Waals surface area contributed by atoms with Crippen LogP contribution in [0.3, 0.4) is 0 Å². The molecule has 0 aromatic rings. The van der Waals surface area contributed by atoms with Crippen molar-refractivity contribution in [2.45, 2.75) is 52.0 Å². The Morgan fingerprint density at radius 3 is 2.21 bits per heavy atom. The minimum absolute atomic E-state index is 0.151. The number of hydrogen-bond donors (Lipinski definition) is 0. The molecule has 0 bridgehead atoms. The maximum absolute atomic E-state index is 9.18. The number of nitrogens with zero attached hydrogens (tertiary/aromatic N) is 2. The van der Waals surface area contributed by atoms with Gasteiger partial charge in [0, 0.05) is 0 Å². The van der Waals surface area contributed by atoms with Gasteiger partial charge in [-0.15, -0.1) is 0 Å². The van der Waals surface area contributed by atoms with Crippen LogP contribution in [0.25, 0.3) is 0 Å². The van der Waals surface area contributed by atoms with Gasteiger partial charge in [-0.25, -0.2) is 0 Å². The van der Waals surface area contributed by atoms with E-state index in [1.54, 1.807) is 0 Å². The molecule has 0 saturated carbocycles. The second-order valence-corrected chi connectivity index (χ2v) is 4.41. The van der Waals surface area contributed by atoms with Gasteiger partial charge >= 0.3 is 0 Å². The maximum atomic E-state index is 9.18. The largest absolute Gasteiger partial charge is 0.288 e. The van der Waals surface area contributed by atoms with Crippen LogP contribution in [0, 0.1) is 17.2 Å². The average Bonchev–Trinajstić information content (AvgIpc) is 2.47. The molecule has 0 amide bonds. The summed E-state index contributed by atoms with van der Waals surface area (Å²) in [7, 11) is 0. The lowest BCUT2D eigenvalue weighted by molar-refractivity contribution is 0.192. The standard InChI is InChI=1S/C12H22N2/c1-3-11(2)12(10-13)14-8-6-4-5-7-9-14/h11-12H,3-9H2,1-2H3. The maximum Gasteiger partial charge on any atom is 0.100 e. The van der Waals surface area contributed by atoms with Crippen LogP contribution in [-0.4, -0.2) is 24.0 Å². The van der Waals surface area contributed by atoms with Crippen LogP contribution in [0.1, 0.15) is 46.0 Å². The summed E-state index contributed by atoms with van der Waals surface area (Å²) in [6.45, 7) is 6.62. The highest BCUT2D eigenvalue weighted by Gasteiger charge is 2.23. The number of hydrogen-bond acceptors (Lipinski definition) is 2. The Bertz CT molecular complexity index is 187. The van der Waals surface area contributed by atoms with Crippen LogP contribution >= 0.6 is 0 Å². The second-order valence-electron chi connectivity index (χ2n) is 4.41. The molecule has 2 atom stereocenters. The van der Waals surface area contributed by atoms with Crippen molar-refractivity contribution in [2.24, 2.45) is 5.92 Å². The van der Waals surface area contributed by atoms with E-state index in [0.717, 1.165) is 19.5 Å². The van der Waals surface area contributed by atoms with Gasteiger partial charge in [-0.1, -0.05) is 33.1 Å². The van der Waals surface area contributed by atoms with E-state index in [2.05, 4.69) is 24.8 Å². The minimum Gasteiger partial charge on any atom is -0.288 e. The minimum atomic E-state index is 0.151. The summed E-state index contributed by atoms with van der Waals surface area (Å²) in [6, 6.07) is 2.63. The van der Waals surface area contributed by atoms with Gasteiger partial charge in [0.15, 0.2) is 0 Å². The topological polar surface area (TPSA) is 27.0 Å². The van der Waals surface area contributed by atoms with Gasteiger partial charge in [-0.3, -0.25) is 4.90 Å². The van der Waals surface area contributed by atoms with Gasteiger partial charge in [-0.05, 0) is 31.8 Å². The number of rotatable bonds is 3. The van der Waals surface area contributed by atoms with E-state index in [-0.39, 0.29) is 6.04 Å². The summed E-state index contributed by atoms with van der Waals surface area (Å²) in [5.74, 6) is 0.512. The molecule has 1 aliphatic heterocycles. The third-order valence-corrected chi connectivity index (χ3v) is 3.35. The normalized spacial score (nSPS) is 23.5. The van der Waals surface area contributed by atoms with E-state index >= 15 is 0 Å². The summed E-state index contributed by atoms with van der Waals surface area (Å²) in [5, 5.41) is 9.18. The highest BCUT2D eigenvalue weighted by Crippen LogP contribution is 2.18. The Labute approximate surface area is 87.9 Å². The predicted molar refractivity (Wildman–Crippen MR) is 58.9 cm³/mol. The molecular weight excluding hydrogens is 172 g/mol. The molecule has 0 aliphatic carbocycles. The molecule has 1 fully saturated rings. The highest BCUT2D eigenvalue weighted by molar-refractivity contribution is 4.95. The van der Waals surface area contributed by atoms with E-state index in [1.807, 2.05) is 0 Å². The smallest absolute Gasteiger partial charge is 0.100 e. The summed E-state index contributed by atoms with van der Waals surface area (Å²) in [4.78, 5) is 2.39. The molecule has 1 heterocycles. The zero-order chi connectivity index (χ0) is 10.4. The van der Waals surface area contributed by atoms with E-state index in [1.165, 1.54) is 25.7 Å². The lowest BCUT2D eigenvalue weighted by atomic mass is 9.98. The van der Waals surface area contributed by atoms with E-state index < -0.39 is 0 Å². The van der Waals surface area contributed by atoms with Crippen molar-refractivity contribution in [1.29, 1.82) is 5.26 Å². The molecule has 1 rings (SSSR count). The monoisotopic (exact) mass is 194 g/mol. The summed E-state index contributed by atoms with van der Waals surface area (Å²) < 4.78 is 0. The third-order valence-electron chi connectivity index (χ3n) is 3.35. The molecule has 1 aliphatic rings. The highest BCUT2D eigenvalue weighted by atomic mass is 15.2. The van der Waals surface area contributed by atoms with Crippen LogP contribution in [0.5, 0.6) is 0 Å². The van der Waals surface area contributed by atoms with Crippen LogP contribution in [-0.2, 0) is 0 Å². The van der Waals surface area contributed by atoms with Crippen molar-refractivity contribution >= 4 is 0 Å². The Hall–Kier alpha value is -0.550. The molecule has 0 aromatic carbocycles. The fourth-order valence-electron chi connectivity index (χ4n) is 2.17. The van der Waals surface area contributed by atoms with Crippen LogP contribution in [0.15, 0.2) is 0 Å². The van der Waals surface area contributed by atoms with Crippen molar-refractivity contribution in [3.05, 3.63) is 0 Å². The Morgan fingerprint density at radius 1 is 1.21 bits per heavy atom. The molecule has 2 unspecified atom stereocenters. The van der Waals surface area contributed by atoms with Crippen molar-refractivity contribution in [3.8, 4) is 6.07 Å². The first-order valence-electron chi connectivity index (χ1n) is 5.93. The Kier molecular flexibility index (Phi) is 4.97. The van der Waals surface area contributed by atoms with Gasteiger partial charge in [0.05, 0.1) is 6.07 Å². The molecule has 14 heavy (non-hydrogen) atoms. The lowest BCUT2D eigenvalue weighted by Crippen LogP contribution is -2.39. The van der Waals surface area contributed by atoms with Crippen molar-refractivity contribution in [3.63, 3.8) is 0 Å². The summed E-state index contributed by atoms with van der Waals surface area (Å²) in [6.07, 6.45) is 6.34. The second kappa shape index (κ2) is 6.03. The van der Waals surface area contributed by atoms with E-state index in [9.17, 15) is 5.26 Å². The van der Waals surface area contributed by atoms with E-state index in [4.69, 9.17) is 0 Å². The summed E-state index contributed by atoms with van der Waals surface area (Å²) >= 11 is 0. The zero-order valence-electron chi connectivity index (χ0n) is 9.50. The summed E-state index contributed by atoms with van der Waals surface area (Å²) in [5.41, 5.74) is 0. The average molecular weight is 194 g/mol. The van der Waals surface area contributed by atoms with Gasteiger partial charge in [0.1, 0.15) is 6.04 Å². The number of likely N-dealkylation sites (tertiary alicyclic amines) is 1. The Morgan fingerprint density at radius 2 is 1.79 bits per heavy atom. The Balaban J connectivity index is 2.54. The van der Waals surface area contributed by atoms with Crippen molar-refractivity contribution in [2.75, 3.05) is 13.1 Å². The molecule has 2 nitrogen and oxygen atoms in total. The first-order chi connectivity index (χ1) is 6.79. The van der Waals surface area contributed by atoms with Gasteiger partial charge in [0.25, 0.3) is 0 Å². The van der Waals surface area contributed by atoms with Crippen LogP contribution in [0.2, 0.25) is 0 Å². The molecule has 0 spiro atoms. The van der Waals surface area contributed by atoms with Crippen LogP contribution < -0.4 is 0 Å². The fraction of sp³-hybridized carbons (Fsp3) is 0.917. The van der Waals surface area contributed by atoms with Gasteiger partial charge in [0.2, 0.25) is 0 Å². The first-order valence-corrected chi connectivity index (χ1v) is 5.93. The van der Waals surface area contributed by atoms with Crippen molar-refractivity contribution < 1.29 is 0 Å². The molecule has 1 saturated heterocycles. The first kappa shape index (κ1) is 11.5. The molecule has 0 N–H and O–H groups in total. The third kappa shape index (κ3) is 2.99. The van der Waals surface area contributed by atoms with E-state index in [0.29, 0.717) is 5.92 Å². The molecule has 2 heteroatoms. The molecule has 0 radical (unpaired) electrons. The quantitative estimate of drug-likeness (QED) is 0.690. The molecule has 80 valence electrons. The number of nitriles is 1. The lowest BCUT2D eigenvalue weighted by Gasteiger charge is -2.29. The zero-order valence-corrected chi connectivity index (χ0v) is 9.50. The van der Waals surface area contributed by atoms with Gasteiger partial charge < -0.3 is 0 Å². The molecular formula is C12H22N2. The van der Waals surface area contributed by atoms with Crippen molar-refractivity contribution in [1.82, 2.24) is 4.90 Å². The SMILES string of the molecule is CCC(C)C(C#N)N1CCCCCC1. The molecule has 0 aromatic heterocycles. The fourth-order valence-corrected chi connectivity index (χ4v) is 2.17. The van der Waals surface area contributed by atoms with Gasteiger partial charge in [-0.2, -0.15) is 5.26 Å². The van der Waals surface area contributed by atoms with Crippen LogP contribution in [0.4, 0.5) is 0 Å².